The van der Waals surface area contributed by atoms with Crippen LogP contribution in [-0.2, 0) is 6.42 Å². The quantitative estimate of drug-likeness (QED) is 0.539. The summed E-state index contributed by atoms with van der Waals surface area (Å²) >= 11 is 6.10. The summed E-state index contributed by atoms with van der Waals surface area (Å²) in [6.45, 7) is 1.06. The molecule has 0 atom stereocenters. The van der Waals surface area contributed by atoms with Gasteiger partial charge in [0.15, 0.2) is 0 Å². The first-order chi connectivity index (χ1) is 13.8. The third-order valence-electron chi connectivity index (χ3n) is 5.56. The van der Waals surface area contributed by atoms with Crippen molar-refractivity contribution in [1.29, 1.82) is 0 Å². The molecule has 146 valence electrons. The van der Waals surface area contributed by atoms with Crippen LogP contribution in [-0.4, -0.2) is 28.6 Å². The first-order valence-corrected chi connectivity index (χ1v) is 10.6. The number of nitrogens with one attached hydrogen (secondary N) is 2. The number of anilines is 1. The molecule has 2 heterocycles. The molecular weight excluding hydrogens is 368 g/mol. The van der Waals surface area contributed by atoms with Crippen molar-refractivity contribution in [2.24, 2.45) is 0 Å². The van der Waals surface area contributed by atoms with E-state index in [9.17, 15) is 0 Å². The van der Waals surface area contributed by atoms with Gasteiger partial charge < -0.3 is 10.6 Å². The Morgan fingerprint density at radius 3 is 2.61 bits per heavy atom. The van der Waals surface area contributed by atoms with Crippen LogP contribution < -0.4 is 10.6 Å². The van der Waals surface area contributed by atoms with Gasteiger partial charge >= 0.3 is 0 Å². The van der Waals surface area contributed by atoms with Gasteiger partial charge in [0.1, 0.15) is 0 Å². The van der Waals surface area contributed by atoms with E-state index in [1.165, 1.54) is 31.4 Å². The average Bonchev–Trinajstić information content (AvgIpc) is 2.73. The van der Waals surface area contributed by atoms with E-state index in [0.29, 0.717) is 12.1 Å². The van der Waals surface area contributed by atoms with Crippen LogP contribution in [0.4, 0.5) is 5.69 Å². The topological polar surface area (TPSA) is 49.8 Å². The molecule has 28 heavy (non-hydrogen) atoms. The summed E-state index contributed by atoms with van der Waals surface area (Å²) in [5.41, 5.74) is 3.29. The minimum Gasteiger partial charge on any atom is -0.382 e. The number of rotatable bonds is 7. The molecule has 0 aliphatic heterocycles. The number of benzene rings is 1. The summed E-state index contributed by atoms with van der Waals surface area (Å²) in [7, 11) is 0. The Morgan fingerprint density at radius 2 is 1.79 bits per heavy atom. The van der Waals surface area contributed by atoms with Gasteiger partial charge in [0, 0.05) is 46.3 Å². The summed E-state index contributed by atoms with van der Waals surface area (Å²) in [6.07, 6.45) is 10.7. The lowest BCUT2D eigenvalue weighted by Crippen LogP contribution is -2.37. The van der Waals surface area contributed by atoms with Gasteiger partial charge in [0.05, 0.1) is 5.52 Å². The first-order valence-electron chi connectivity index (χ1n) is 10.2. The highest BCUT2D eigenvalue weighted by molar-refractivity contribution is 6.31. The maximum atomic E-state index is 6.10. The fourth-order valence-electron chi connectivity index (χ4n) is 4.03. The zero-order valence-electron chi connectivity index (χ0n) is 16.1. The van der Waals surface area contributed by atoms with Crippen LogP contribution in [0.3, 0.4) is 0 Å². The number of pyridine rings is 2. The van der Waals surface area contributed by atoms with Crippen molar-refractivity contribution < 1.29 is 0 Å². The van der Waals surface area contributed by atoms with E-state index in [0.717, 1.165) is 41.0 Å². The Balaban J connectivity index is 1.22. The van der Waals surface area contributed by atoms with E-state index in [4.69, 9.17) is 11.6 Å². The fraction of sp³-hybridized carbons (Fsp3) is 0.391. The van der Waals surface area contributed by atoms with Gasteiger partial charge in [-0.3, -0.25) is 9.97 Å². The highest BCUT2D eigenvalue weighted by atomic mass is 35.5. The molecule has 4 nitrogen and oxygen atoms in total. The Hall–Kier alpha value is -2.17. The summed E-state index contributed by atoms with van der Waals surface area (Å²) < 4.78 is 0. The summed E-state index contributed by atoms with van der Waals surface area (Å²) in [5.74, 6) is 0. The molecule has 4 rings (SSSR count). The largest absolute Gasteiger partial charge is 0.382 e. The number of hydrogen-bond donors (Lipinski definition) is 2. The summed E-state index contributed by atoms with van der Waals surface area (Å²) in [5, 5.41) is 9.33. The Bertz CT molecular complexity index is 892. The number of fused-ring (bicyclic) bond motifs is 1. The zero-order valence-corrected chi connectivity index (χ0v) is 16.8. The van der Waals surface area contributed by atoms with Crippen molar-refractivity contribution in [3.63, 3.8) is 0 Å². The number of halogens is 1. The lowest BCUT2D eigenvalue weighted by molar-refractivity contribution is 0.353. The maximum Gasteiger partial charge on any atom is 0.0737 e. The van der Waals surface area contributed by atoms with Gasteiger partial charge in [-0.15, -0.1) is 0 Å². The van der Waals surface area contributed by atoms with E-state index in [-0.39, 0.29) is 0 Å². The van der Waals surface area contributed by atoms with Gasteiger partial charge in [0.2, 0.25) is 0 Å². The number of hydrogen-bond acceptors (Lipinski definition) is 4. The molecule has 5 heteroatoms. The van der Waals surface area contributed by atoms with Crippen molar-refractivity contribution in [2.45, 2.75) is 50.6 Å². The number of aromatic nitrogens is 2. The van der Waals surface area contributed by atoms with Gasteiger partial charge in [-0.25, -0.2) is 0 Å². The SMILES string of the molecule is Clc1ccc2c(NC3CCC(NCCCc4ccccn4)CC3)ccnc2c1. The Morgan fingerprint density at radius 1 is 0.929 bits per heavy atom. The molecule has 1 aliphatic carbocycles. The molecule has 0 amide bonds. The van der Waals surface area contributed by atoms with E-state index in [1.807, 2.05) is 30.6 Å². The molecule has 0 spiro atoms. The van der Waals surface area contributed by atoms with Gasteiger partial charge in [-0.2, -0.15) is 0 Å². The highest BCUT2D eigenvalue weighted by Gasteiger charge is 2.21. The molecule has 0 unspecified atom stereocenters. The van der Waals surface area contributed by atoms with Crippen molar-refractivity contribution >= 4 is 28.2 Å². The minimum atomic E-state index is 0.521. The monoisotopic (exact) mass is 394 g/mol. The second-order valence-electron chi connectivity index (χ2n) is 7.59. The minimum absolute atomic E-state index is 0.521. The first kappa shape index (κ1) is 19.2. The molecule has 1 aromatic carbocycles. The second-order valence-corrected chi connectivity index (χ2v) is 8.03. The molecule has 0 radical (unpaired) electrons. The van der Waals surface area contributed by atoms with E-state index in [1.54, 1.807) is 0 Å². The van der Waals surface area contributed by atoms with E-state index < -0.39 is 0 Å². The van der Waals surface area contributed by atoms with Crippen LogP contribution in [0.2, 0.25) is 5.02 Å². The maximum absolute atomic E-state index is 6.10. The molecule has 0 bridgehead atoms. The van der Waals surface area contributed by atoms with Crippen LogP contribution in [0, 0.1) is 0 Å². The highest BCUT2D eigenvalue weighted by Crippen LogP contribution is 2.28. The smallest absolute Gasteiger partial charge is 0.0737 e. The Labute approximate surface area is 171 Å². The van der Waals surface area contributed by atoms with Gasteiger partial charge in [0.25, 0.3) is 0 Å². The van der Waals surface area contributed by atoms with Crippen LogP contribution in [0.5, 0.6) is 0 Å². The zero-order chi connectivity index (χ0) is 19.2. The van der Waals surface area contributed by atoms with Crippen molar-refractivity contribution in [2.75, 3.05) is 11.9 Å². The molecule has 0 saturated heterocycles. The molecule has 1 aliphatic rings. The standard InChI is InChI=1S/C23H27ClN4/c24-17-6-11-21-22(12-15-27-23(21)16-17)28-20-9-7-19(8-10-20)26-14-3-5-18-4-1-2-13-25-18/h1-2,4,6,11-13,15-16,19-20,26H,3,5,7-10,14H2,(H,27,28). The van der Waals surface area contributed by atoms with Crippen LogP contribution in [0.15, 0.2) is 54.9 Å². The Kier molecular flexibility index (Phi) is 6.40. The van der Waals surface area contributed by atoms with Crippen molar-refractivity contribution in [1.82, 2.24) is 15.3 Å². The third kappa shape index (κ3) is 5.00. The van der Waals surface area contributed by atoms with Gasteiger partial charge in [-0.1, -0.05) is 17.7 Å². The van der Waals surface area contributed by atoms with Crippen LogP contribution in [0.1, 0.15) is 37.8 Å². The molecule has 1 saturated carbocycles. The fourth-order valence-corrected chi connectivity index (χ4v) is 4.20. The molecular formula is C23H27ClN4. The normalized spacial score (nSPS) is 19.6. The lowest BCUT2D eigenvalue weighted by atomic mass is 9.90. The second kappa shape index (κ2) is 9.35. The van der Waals surface area contributed by atoms with Crippen molar-refractivity contribution in [3.8, 4) is 0 Å². The number of aryl methyl sites for hydroxylation is 1. The molecule has 1 fully saturated rings. The molecule has 3 aromatic rings. The van der Waals surface area contributed by atoms with Gasteiger partial charge in [-0.05, 0) is 81.5 Å². The van der Waals surface area contributed by atoms with Crippen molar-refractivity contribution in [3.05, 3.63) is 65.6 Å². The molecule has 2 N–H and O–H groups in total. The van der Waals surface area contributed by atoms with Crippen LogP contribution >= 0.6 is 11.6 Å². The van der Waals surface area contributed by atoms with E-state index >= 15 is 0 Å². The van der Waals surface area contributed by atoms with Crippen LogP contribution in [0.25, 0.3) is 10.9 Å². The third-order valence-corrected chi connectivity index (χ3v) is 5.80. The number of nitrogens with zero attached hydrogens (tertiary/aromatic N) is 2. The lowest BCUT2D eigenvalue weighted by Gasteiger charge is -2.30. The predicted molar refractivity (Wildman–Crippen MR) is 117 cm³/mol. The average molecular weight is 395 g/mol. The summed E-state index contributed by atoms with van der Waals surface area (Å²) in [4.78, 5) is 8.82. The summed E-state index contributed by atoms with van der Waals surface area (Å²) in [6, 6.07) is 15.3. The molecule has 2 aromatic heterocycles. The van der Waals surface area contributed by atoms with E-state index in [2.05, 4.69) is 44.9 Å². The predicted octanol–water partition coefficient (Wildman–Crippen LogP) is 5.23.